The number of carboxylic acid groups (broad SMARTS) is 1. The second-order valence-electron chi connectivity index (χ2n) is 10.1. The molecule has 1 atom stereocenters. The standard InChI is InChI=1S/C27H34N2O5/c1-17(2)14-23(25(32)29(15-24(30)31)27(3,4)5)28-26(33)34-16-22-20-12-8-6-10-18(20)19-11-7-9-13-21(19)22/h6-13,17,22-23H,14-16H2,1-5H3,(H,28,33)(H,30,31). The van der Waals surface area contributed by atoms with E-state index in [9.17, 15) is 19.5 Å². The fourth-order valence-corrected chi connectivity index (χ4v) is 4.44. The van der Waals surface area contributed by atoms with Gasteiger partial charge in [-0.25, -0.2) is 4.79 Å². The van der Waals surface area contributed by atoms with Gasteiger partial charge >= 0.3 is 12.1 Å². The maximum absolute atomic E-state index is 13.3. The number of benzene rings is 2. The molecule has 2 N–H and O–H groups in total. The molecule has 0 aromatic heterocycles. The van der Waals surface area contributed by atoms with E-state index in [0.717, 1.165) is 22.3 Å². The van der Waals surface area contributed by atoms with Crippen molar-refractivity contribution >= 4 is 18.0 Å². The average molecular weight is 467 g/mol. The van der Waals surface area contributed by atoms with Crippen LogP contribution in [-0.4, -0.2) is 52.7 Å². The van der Waals surface area contributed by atoms with Crippen molar-refractivity contribution in [3.05, 3.63) is 59.7 Å². The normalized spacial score (nSPS) is 13.7. The molecule has 0 radical (unpaired) electrons. The van der Waals surface area contributed by atoms with E-state index in [2.05, 4.69) is 17.4 Å². The predicted octanol–water partition coefficient (Wildman–Crippen LogP) is 4.65. The molecule has 0 bridgehead atoms. The highest BCUT2D eigenvalue weighted by atomic mass is 16.5. The van der Waals surface area contributed by atoms with Gasteiger partial charge in [0.15, 0.2) is 0 Å². The van der Waals surface area contributed by atoms with Crippen molar-refractivity contribution in [1.29, 1.82) is 0 Å². The smallest absolute Gasteiger partial charge is 0.407 e. The minimum Gasteiger partial charge on any atom is -0.480 e. The first kappa shape index (κ1) is 25.3. The minimum absolute atomic E-state index is 0.0875. The summed E-state index contributed by atoms with van der Waals surface area (Å²) in [6.07, 6.45) is -0.320. The van der Waals surface area contributed by atoms with Crippen LogP contribution >= 0.6 is 0 Å². The van der Waals surface area contributed by atoms with Gasteiger partial charge < -0.3 is 20.1 Å². The Labute approximate surface area is 201 Å². The van der Waals surface area contributed by atoms with Crippen molar-refractivity contribution in [2.24, 2.45) is 5.92 Å². The Bertz CT molecular complexity index is 1010. The largest absolute Gasteiger partial charge is 0.480 e. The lowest BCUT2D eigenvalue weighted by atomic mass is 9.98. The maximum Gasteiger partial charge on any atom is 0.407 e. The topological polar surface area (TPSA) is 95.9 Å². The quantitative estimate of drug-likeness (QED) is 0.590. The third kappa shape index (κ3) is 5.76. The maximum atomic E-state index is 13.3. The van der Waals surface area contributed by atoms with Gasteiger partial charge in [0.05, 0.1) is 0 Å². The van der Waals surface area contributed by atoms with Gasteiger partial charge in [-0.2, -0.15) is 0 Å². The van der Waals surface area contributed by atoms with E-state index in [1.165, 1.54) is 4.90 Å². The Balaban J connectivity index is 1.73. The number of carbonyl (C=O) groups excluding carboxylic acids is 2. The summed E-state index contributed by atoms with van der Waals surface area (Å²) in [5.41, 5.74) is 3.76. The number of ether oxygens (including phenoxy) is 1. The molecule has 0 saturated heterocycles. The third-order valence-corrected chi connectivity index (χ3v) is 6.01. The lowest BCUT2D eigenvalue weighted by Crippen LogP contribution is -2.56. The molecule has 0 aliphatic heterocycles. The summed E-state index contributed by atoms with van der Waals surface area (Å²) >= 11 is 0. The summed E-state index contributed by atoms with van der Waals surface area (Å²) in [6.45, 7) is 8.90. The van der Waals surface area contributed by atoms with Crippen LogP contribution in [0.4, 0.5) is 4.79 Å². The molecule has 182 valence electrons. The van der Waals surface area contributed by atoms with E-state index in [-0.39, 0.29) is 18.4 Å². The van der Waals surface area contributed by atoms with Crippen LogP contribution in [0.25, 0.3) is 11.1 Å². The first-order chi connectivity index (χ1) is 16.0. The lowest BCUT2D eigenvalue weighted by molar-refractivity contribution is -0.149. The minimum atomic E-state index is -1.10. The molecule has 0 saturated carbocycles. The number of hydrogen-bond donors (Lipinski definition) is 2. The Morgan fingerprint density at radius 3 is 2.00 bits per heavy atom. The average Bonchev–Trinajstić information content (AvgIpc) is 3.08. The van der Waals surface area contributed by atoms with E-state index in [4.69, 9.17) is 4.74 Å². The number of rotatable bonds is 8. The van der Waals surface area contributed by atoms with Crippen molar-refractivity contribution in [3.63, 3.8) is 0 Å². The van der Waals surface area contributed by atoms with E-state index >= 15 is 0 Å². The molecule has 3 rings (SSSR count). The van der Waals surface area contributed by atoms with Crippen molar-refractivity contribution in [3.8, 4) is 11.1 Å². The molecule has 2 aromatic carbocycles. The van der Waals surface area contributed by atoms with Gasteiger partial charge in [0, 0.05) is 11.5 Å². The third-order valence-electron chi connectivity index (χ3n) is 6.01. The number of hydrogen-bond acceptors (Lipinski definition) is 4. The number of aliphatic carboxylic acids is 1. The van der Waals surface area contributed by atoms with Crippen LogP contribution in [0.5, 0.6) is 0 Å². The van der Waals surface area contributed by atoms with Gasteiger partial charge in [-0.3, -0.25) is 9.59 Å². The van der Waals surface area contributed by atoms with Crippen LogP contribution in [0.3, 0.4) is 0 Å². The van der Waals surface area contributed by atoms with Gasteiger partial charge in [-0.1, -0.05) is 62.4 Å². The molecule has 7 heteroatoms. The second-order valence-corrected chi connectivity index (χ2v) is 10.1. The predicted molar refractivity (Wildman–Crippen MR) is 131 cm³/mol. The number of carbonyl (C=O) groups is 3. The number of carboxylic acids is 1. The van der Waals surface area contributed by atoms with Crippen molar-refractivity contribution in [2.45, 2.75) is 58.5 Å². The summed E-state index contributed by atoms with van der Waals surface area (Å²) in [7, 11) is 0. The monoisotopic (exact) mass is 466 g/mol. The number of amides is 2. The molecule has 34 heavy (non-hydrogen) atoms. The first-order valence-electron chi connectivity index (χ1n) is 11.6. The Morgan fingerprint density at radius 1 is 1.00 bits per heavy atom. The number of fused-ring (bicyclic) bond motifs is 3. The van der Waals surface area contributed by atoms with Crippen LogP contribution in [0, 0.1) is 5.92 Å². The van der Waals surface area contributed by atoms with Gasteiger partial charge in [0.25, 0.3) is 0 Å². The fourth-order valence-electron chi connectivity index (χ4n) is 4.44. The van der Waals surface area contributed by atoms with E-state index < -0.39 is 36.1 Å². The fraction of sp³-hybridized carbons (Fsp3) is 0.444. The molecule has 2 aromatic rings. The van der Waals surface area contributed by atoms with Crippen LogP contribution in [-0.2, 0) is 14.3 Å². The number of nitrogens with one attached hydrogen (secondary N) is 1. The van der Waals surface area contributed by atoms with E-state index in [1.54, 1.807) is 20.8 Å². The van der Waals surface area contributed by atoms with Crippen molar-refractivity contribution in [1.82, 2.24) is 10.2 Å². The summed E-state index contributed by atoms with van der Waals surface area (Å²) in [5.74, 6) is -1.52. The highest BCUT2D eigenvalue weighted by Gasteiger charge is 2.35. The highest BCUT2D eigenvalue weighted by molar-refractivity contribution is 5.88. The second kappa shape index (κ2) is 10.3. The molecule has 7 nitrogen and oxygen atoms in total. The van der Waals surface area contributed by atoms with Gasteiger partial charge in [-0.05, 0) is 55.4 Å². The van der Waals surface area contributed by atoms with Crippen LogP contribution in [0.1, 0.15) is 58.1 Å². The van der Waals surface area contributed by atoms with Crippen LogP contribution in [0.15, 0.2) is 48.5 Å². The van der Waals surface area contributed by atoms with Crippen LogP contribution < -0.4 is 5.32 Å². The molecule has 0 spiro atoms. The Hall–Kier alpha value is -3.35. The van der Waals surface area contributed by atoms with Gasteiger partial charge in [-0.15, -0.1) is 0 Å². The van der Waals surface area contributed by atoms with E-state index in [0.29, 0.717) is 6.42 Å². The Kier molecular flexibility index (Phi) is 7.64. The molecule has 0 heterocycles. The lowest BCUT2D eigenvalue weighted by Gasteiger charge is -2.37. The molecule has 0 fully saturated rings. The summed E-state index contributed by atoms with van der Waals surface area (Å²) in [4.78, 5) is 38.7. The molecule has 1 aliphatic rings. The SMILES string of the molecule is CC(C)CC(NC(=O)OCC1c2ccccc2-c2ccccc21)C(=O)N(CC(=O)O)C(C)(C)C. The zero-order chi connectivity index (χ0) is 25.0. The zero-order valence-corrected chi connectivity index (χ0v) is 20.5. The molecule has 1 unspecified atom stereocenters. The molecular formula is C27H34N2O5. The highest BCUT2D eigenvalue weighted by Crippen LogP contribution is 2.44. The number of nitrogens with zero attached hydrogens (tertiary/aromatic N) is 1. The summed E-state index contributed by atoms with van der Waals surface area (Å²) in [5, 5.41) is 12.0. The van der Waals surface area contributed by atoms with Gasteiger partial charge in [0.2, 0.25) is 5.91 Å². The van der Waals surface area contributed by atoms with E-state index in [1.807, 2.05) is 50.2 Å². The van der Waals surface area contributed by atoms with Crippen molar-refractivity contribution in [2.75, 3.05) is 13.2 Å². The molecule has 2 amide bonds. The van der Waals surface area contributed by atoms with Gasteiger partial charge in [0.1, 0.15) is 19.2 Å². The molecular weight excluding hydrogens is 432 g/mol. The summed E-state index contributed by atoms with van der Waals surface area (Å²) < 4.78 is 5.61. The van der Waals surface area contributed by atoms with Crippen molar-refractivity contribution < 1.29 is 24.2 Å². The van der Waals surface area contributed by atoms with Crippen LogP contribution in [0.2, 0.25) is 0 Å². The summed E-state index contributed by atoms with van der Waals surface area (Å²) in [6, 6.07) is 15.3. The zero-order valence-electron chi connectivity index (χ0n) is 20.5. The number of alkyl carbamates (subject to hydrolysis) is 1. The Morgan fingerprint density at radius 2 is 1.53 bits per heavy atom. The first-order valence-corrected chi connectivity index (χ1v) is 11.6. The molecule has 1 aliphatic carbocycles.